The van der Waals surface area contributed by atoms with Gasteiger partial charge in [0.25, 0.3) is 0 Å². The lowest BCUT2D eigenvalue weighted by Gasteiger charge is -2.16. The maximum absolute atomic E-state index is 13.9. The fraction of sp³-hybridized carbons (Fsp3) is 0.333. The highest BCUT2D eigenvalue weighted by molar-refractivity contribution is 5.96. The molecule has 212 valence electrons. The van der Waals surface area contributed by atoms with Gasteiger partial charge in [-0.3, -0.25) is 9.89 Å². The van der Waals surface area contributed by atoms with Crippen molar-refractivity contribution in [3.05, 3.63) is 60.1 Å². The summed E-state index contributed by atoms with van der Waals surface area (Å²) in [4.78, 5) is 21.1. The predicted molar refractivity (Wildman–Crippen MR) is 146 cm³/mol. The molecule has 0 aliphatic rings. The van der Waals surface area contributed by atoms with Crippen LogP contribution in [0.2, 0.25) is 0 Å². The summed E-state index contributed by atoms with van der Waals surface area (Å²) in [5, 5.41) is 25.6. The number of benzene rings is 2. The number of carbonyl (C=O) groups excluding carboxylic acids is 1. The number of aliphatic hydroxyl groups is 1. The summed E-state index contributed by atoms with van der Waals surface area (Å²) in [6, 6.07) is 8.68. The molecule has 2 aromatic heterocycles. The molecule has 4 rings (SSSR count). The molecule has 4 aromatic rings. The molecule has 0 fully saturated rings. The van der Waals surface area contributed by atoms with Gasteiger partial charge in [0.05, 0.1) is 36.2 Å². The van der Waals surface area contributed by atoms with Gasteiger partial charge in [0.15, 0.2) is 17.5 Å². The maximum atomic E-state index is 13.9. The number of ether oxygens (including phenoxy) is 2. The van der Waals surface area contributed by atoms with E-state index in [-0.39, 0.29) is 24.8 Å². The molecule has 11 nitrogen and oxygen atoms in total. The van der Waals surface area contributed by atoms with Gasteiger partial charge in [-0.05, 0) is 25.5 Å². The first-order chi connectivity index (χ1) is 19.4. The minimum absolute atomic E-state index is 0.0144. The molecular weight excluding hydrogens is 524 g/mol. The summed E-state index contributed by atoms with van der Waals surface area (Å²) < 4.78 is 39.1. The Balaban J connectivity index is 1.50. The zero-order valence-corrected chi connectivity index (χ0v) is 22.1. The second-order valence-electron chi connectivity index (χ2n) is 8.79. The van der Waals surface area contributed by atoms with Gasteiger partial charge < -0.3 is 30.5 Å². The van der Waals surface area contributed by atoms with Crippen molar-refractivity contribution in [1.29, 1.82) is 0 Å². The quantitative estimate of drug-likeness (QED) is 0.147. The number of carbonyl (C=O) groups is 1. The molecule has 0 spiro atoms. The number of aromatic amines is 1. The van der Waals surface area contributed by atoms with Crippen LogP contribution in [0, 0.1) is 11.6 Å². The minimum Gasteiger partial charge on any atom is -0.494 e. The summed E-state index contributed by atoms with van der Waals surface area (Å²) >= 11 is 0. The number of H-pyrrole nitrogens is 1. The average Bonchev–Trinajstić information content (AvgIpc) is 3.37. The Morgan fingerprint density at radius 3 is 2.77 bits per heavy atom. The van der Waals surface area contributed by atoms with Gasteiger partial charge in [-0.1, -0.05) is 13.0 Å². The smallest absolute Gasteiger partial charge is 0.230 e. The highest BCUT2D eigenvalue weighted by Gasteiger charge is 2.16. The highest BCUT2D eigenvalue weighted by atomic mass is 19.2. The van der Waals surface area contributed by atoms with Gasteiger partial charge in [0.2, 0.25) is 5.91 Å². The molecule has 1 atom stereocenters. The number of rotatable bonds is 14. The van der Waals surface area contributed by atoms with Crippen LogP contribution in [0.25, 0.3) is 10.9 Å². The number of nitrogens with zero attached hydrogens (tertiary/aromatic N) is 3. The molecule has 0 saturated carbocycles. The van der Waals surface area contributed by atoms with Crippen LogP contribution >= 0.6 is 0 Å². The Labute approximate surface area is 229 Å². The number of aliphatic hydroxyl groups excluding tert-OH is 1. The van der Waals surface area contributed by atoms with Crippen LogP contribution in [0.4, 0.5) is 26.1 Å². The Morgan fingerprint density at radius 2 is 2.00 bits per heavy atom. The molecule has 0 aliphatic heterocycles. The highest BCUT2D eigenvalue weighted by Crippen LogP contribution is 2.35. The second-order valence-corrected chi connectivity index (χ2v) is 8.79. The summed E-state index contributed by atoms with van der Waals surface area (Å²) in [7, 11) is 0. The Kier molecular flexibility index (Phi) is 9.76. The number of anilines is 3. The molecular formula is C27H31F2N7O4. The van der Waals surface area contributed by atoms with E-state index in [1.807, 2.05) is 13.8 Å². The number of fused-ring (bicyclic) bond motifs is 1. The van der Waals surface area contributed by atoms with E-state index in [1.165, 1.54) is 18.5 Å². The van der Waals surface area contributed by atoms with E-state index in [9.17, 15) is 18.7 Å². The van der Waals surface area contributed by atoms with Gasteiger partial charge in [-0.2, -0.15) is 5.10 Å². The Hall–Kier alpha value is -4.36. The second kappa shape index (κ2) is 13.6. The van der Waals surface area contributed by atoms with E-state index in [4.69, 9.17) is 9.47 Å². The minimum atomic E-state index is -1.13. The number of aromatic nitrogens is 4. The monoisotopic (exact) mass is 555 g/mol. The lowest BCUT2D eigenvalue weighted by Crippen LogP contribution is -2.34. The van der Waals surface area contributed by atoms with Crippen LogP contribution in [0.1, 0.15) is 26.0 Å². The third kappa shape index (κ3) is 7.18. The van der Waals surface area contributed by atoms with Crippen molar-refractivity contribution in [2.45, 2.75) is 32.7 Å². The molecule has 0 aliphatic carbocycles. The number of hydrogen-bond donors (Lipinski definition) is 5. The number of halogens is 2. The molecule has 0 bridgehead atoms. The van der Waals surface area contributed by atoms with E-state index in [0.29, 0.717) is 59.5 Å². The molecule has 40 heavy (non-hydrogen) atoms. The third-order valence-corrected chi connectivity index (χ3v) is 5.95. The van der Waals surface area contributed by atoms with E-state index >= 15 is 0 Å². The average molecular weight is 556 g/mol. The number of hydrogen-bond acceptors (Lipinski definition) is 9. The normalized spacial score (nSPS) is 11.8. The van der Waals surface area contributed by atoms with Gasteiger partial charge in [-0.25, -0.2) is 18.7 Å². The number of nitrogens with one attached hydrogen (secondary N) is 4. The van der Waals surface area contributed by atoms with Crippen LogP contribution in [0.3, 0.4) is 0 Å². The summed E-state index contributed by atoms with van der Waals surface area (Å²) in [5.41, 5.74) is 0.775. The van der Waals surface area contributed by atoms with Crippen LogP contribution in [0.15, 0.2) is 42.7 Å². The van der Waals surface area contributed by atoms with E-state index in [1.54, 1.807) is 18.2 Å². The first kappa shape index (κ1) is 28.6. The molecule has 5 N–H and O–H groups in total. The van der Waals surface area contributed by atoms with Crippen molar-refractivity contribution >= 4 is 34.1 Å². The van der Waals surface area contributed by atoms with Crippen molar-refractivity contribution in [3.63, 3.8) is 0 Å². The topological polar surface area (TPSA) is 146 Å². The van der Waals surface area contributed by atoms with Gasteiger partial charge in [0, 0.05) is 36.5 Å². The van der Waals surface area contributed by atoms with Crippen LogP contribution in [-0.2, 0) is 11.2 Å². The molecule has 2 aromatic carbocycles. The van der Waals surface area contributed by atoms with E-state index in [0.717, 1.165) is 12.5 Å². The van der Waals surface area contributed by atoms with Crippen LogP contribution < -0.4 is 25.4 Å². The standard InChI is InChI=1S/C27H31F2N7O4/c1-3-16(14-37)30-8-9-40-22-13-18(39-4-2)12-21-25(22)27(32-15-31-21)34-23-10-17(35-36-23)11-24(38)33-20-7-5-6-19(28)26(20)29/h5-7,10,12-13,15-16,30,37H,3-4,8-9,11,14H2,1-2H3,(H,33,38)(H2,31,32,34,35,36)/t16-/m0/s1. The van der Waals surface area contributed by atoms with Crippen molar-refractivity contribution in [2.75, 3.05) is 37.0 Å². The zero-order chi connectivity index (χ0) is 28.5. The number of amides is 1. The predicted octanol–water partition coefficient (Wildman–Crippen LogP) is 3.69. The Bertz CT molecular complexity index is 1450. The van der Waals surface area contributed by atoms with Crippen LogP contribution in [-0.4, -0.2) is 63.6 Å². The van der Waals surface area contributed by atoms with E-state index in [2.05, 4.69) is 36.1 Å². The molecule has 0 saturated heterocycles. The van der Waals surface area contributed by atoms with Gasteiger partial charge in [-0.15, -0.1) is 0 Å². The van der Waals surface area contributed by atoms with Crippen molar-refractivity contribution < 1.29 is 28.2 Å². The molecule has 2 heterocycles. The molecule has 0 radical (unpaired) electrons. The van der Waals surface area contributed by atoms with Crippen molar-refractivity contribution in [1.82, 2.24) is 25.5 Å². The van der Waals surface area contributed by atoms with Gasteiger partial charge in [0.1, 0.15) is 30.3 Å². The van der Waals surface area contributed by atoms with Gasteiger partial charge >= 0.3 is 0 Å². The molecule has 13 heteroatoms. The maximum Gasteiger partial charge on any atom is 0.230 e. The summed E-state index contributed by atoms with van der Waals surface area (Å²) in [6.07, 6.45) is 2.03. The largest absolute Gasteiger partial charge is 0.494 e. The van der Waals surface area contributed by atoms with E-state index < -0.39 is 17.5 Å². The van der Waals surface area contributed by atoms with Crippen molar-refractivity contribution in [2.24, 2.45) is 0 Å². The SMILES string of the molecule is CCOc1cc(OCCN[C@@H](CC)CO)c2c(Nc3cc(CC(=O)Nc4cccc(F)c4F)[nH]n3)ncnc2c1. The zero-order valence-electron chi connectivity index (χ0n) is 22.1. The summed E-state index contributed by atoms with van der Waals surface area (Å²) in [5.74, 6) is -0.851. The lowest BCUT2D eigenvalue weighted by molar-refractivity contribution is -0.115. The molecule has 0 unspecified atom stereocenters. The van der Waals surface area contributed by atoms with Crippen molar-refractivity contribution in [3.8, 4) is 11.5 Å². The van der Waals surface area contributed by atoms with Crippen LogP contribution in [0.5, 0.6) is 11.5 Å². The third-order valence-electron chi connectivity index (χ3n) is 5.95. The fourth-order valence-corrected chi connectivity index (χ4v) is 3.96. The Morgan fingerprint density at radius 1 is 1.15 bits per heavy atom. The summed E-state index contributed by atoms with van der Waals surface area (Å²) in [6.45, 7) is 5.21. The molecule has 1 amide bonds. The fourth-order valence-electron chi connectivity index (χ4n) is 3.96. The first-order valence-corrected chi connectivity index (χ1v) is 12.9. The first-order valence-electron chi connectivity index (χ1n) is 12.9. The lowest BCUT2D eigenvalue weighted by atomic mass is 10.2.